The third kappa shape index (κ3) is 3.24. The largest absolute Gasteiger partial charge is 0.368 e. The summed E-state index contributed by atoms with van der Waals surface area (Å²) in [5.41, 5.74) is 11.4. The van der Waals surface area contributed by atoms with Crippen molar-refractivity contribution in [3.8, 4) is 0 Å². The fraction of sp³-hybridized carbons (Fsp3) is 0.778. The number of rotatable bonds is 3. The van der Waals surface area contributed by atoms with Gasteiger partial charge in [-0.15, -0.1) is 5.10 Å². The van der Waals surface area contributed by atoms with Crippen molar-refractivity contribution in [3.05, 3.63) is 0 Å². The quantitative estimate of drug-likeness (QED) is 0.764. The highest BCUT2D eigenvalue weighted by atomic mass is 15.4. The molecule has 0 unspecified atom stereocenters. The molecule has 0 spiro atoms. The van der Waals surface area contributed by atoms with Crippen molar-refractivity contribution in [2.45, 2.75) is 40.2 Å². The molecule has 0 aliphatic carbocycles. The second kappa shape index (κ2) is 3.86. The molecule has 0 fully saturated rings. The van der Waals surface area contributed by atoms with Gasteiger partial charge in [0, 0.05) is 6.54 Å². The van der Waals surface area contributed by atoms with Crippen LogP contribution < -0.4 is 11.5 Å². The first-order valence-corrected chi connectivity index (χ1v) is 4.84. The first-order valence-electron chi connectivity index (χ1n) is 4.84. The van der Waals surface area contributed by atoms with E-state index in [-0.39, 0.29) is 5.95 Å². The molecule has 0 saturated heterocycles. The van der Waals surface area contributed by atoms with Gasteiger partial charge >= 0.3 is 0 Å². The summed E-state index contributed by atoms with van der Waals surface area (Å²) in [6, 6.07) is 0. The van der Waals surface area contributed by atoms with Crippen molar-refractivity contribution < 1.29 is 0 Å². The Morgan fingerprint density at radius 2 is 1.93 bits per heavy atom. The predicted octanol–water partition coefficient (Wildman–Crippen LogP) is 1.27. The summed E-state index contributed by atoms with van der Waals surface area (Å²) in [7, 11) is 0. The molecule has 0 atom stereocenters. The lowest BCUT2D eigenvalue weighted by Gasteiger charge is -2.17. The van der Waals surface area contributed by atoms with Crippen LogP contribution in [0.5, 0.6) is 0 Å². The van der Waals surface area contributed by atoms with E-state index in [0.29, 0.717) is 11.4 Å². The van der Waals surface area contributed by atoms with Crippen LogP contribution in [0.3, 0.4) is 0 Å². The molecule has 80 valence electrons. The molecule has 0 amide bonds. The Bertz CT molecular complexity index is 297. The Morgan fingerprint density at radius 3 is 2.36 bits per heavy atom. The van der Waals surface area contributed by atoms with Gasteiger partial charge < -0.3 is 11.5 Å². The Balaban J connectivity index is 2.42. The van der Waals surface area contributed by atoms with Gasteiger partial charge in [0.05, 0.1) is 0 Å². The highest BCUT2D eigenvalue weighted by Gasteiger charge is 2.10. The van der Waals surface area contributed by atoms with Gasteiger partial charge in [0.15, 0.2) is 0 Å². The Hall–Kier alpha value is -1.26. The van der Waals surface area contributed by atoms with Crippen LogP contribution in [0, 0.1) is 5.41 Å². The van der Waals surface area contributed by atoms with E-state index in [4.69, 9.17) is 11.5 Å². The average Bonchev–Trinajstić information content (AvgIpc) is 2.27. The lowest BCUT2D eigenvalue weighted by atomic mass is 9.91. The number of nitrogen functional groups attached to an aromatic ring is 2. The monoisotopic (exact) mass is 197 g/mol. The average molecular weight is 197 g/mol. The SMILES string of the molecule is CC(C)(C)CCCn1nc(N)nc1N. The molecule has 5 nitrogen and oxygen atoms in total. The maximum absolute atomic E-state index is 5.60. The minimum atomic E-state index is 0.248. The van der Waals surface area contributed by atoms with E-state index in [1.165, 1.54) is 0 Å². The predicted molar refractivity (Wildman–Crippen MR) is 57.5 cm³/mol. The van der Waals surface area contributed by atoms with E-state index >= 15 is 0 Å². The topological polar surface area (TPSA) is 82.8 Å². The molecule has 0 radical (unpaired) electrons. The summed E-state index contributed by atoms with van der Waals surface area (Å²) >= 11 is 0. The number of hydrogen-bond acceptors (Lipinski definition) is 4. The molecule has 14 heavy (non-hydrogen) atoms. The standard InChI is InChI=1S/C9H19N5/c1-9(2,3)5-4-6-14-8(11)12-7(10)13-14/h4-6H2,1-3H3,(H4,10,11,12,13). The fourth-order valence-electron chi connectivity index (χ4n) is 1.30. The molecule has 0 saturated carbocycles. The molecular weight excluding hydrogens is 178 g/mol. The van der Waals surface area contributed by atoms with Gasteiger partial charge in [-0.3, -0.25) is 0 Å². The van der Waals surface area contributed by atoms with Crippen LogP contribution in [0.25, 0.3) is 0 Å². The minimum absolute atomic E-state index is 0.248. The summed E-state index contributed by atoms with van der Waals surface area (Å²) in [6.45, 7) is 7.43. The molecule has 5 heteroatoms. The summed E-state index contributed by atoms with van der Waals surface area (Å²) in [5.74, 6) is 0.648. The normalized spacial score (nSPS) is 11.9. The van der Waals surface area contributed by atoms with Gasteiger partial charge in [-0.2, -0.15) is 4.98 Å². The van der Waals surface area contributed by atoms with Gasteiger partial charge in [0.25, 0.3) is 0 Å². The lowest BCUT2D eigenvalue weighted by molar-refractivity contribution is 0.349. The molecule has 0 aromatic carbocycles. The Kier molecular flexibility index (Phi) is 2.98. The van der Waals surface area contributed by atoms with Crippen molar-refractivity contribution in [1.82, 2.24) is 14.8 Å². The number of aryl methyl sites for hydroxylation is 1. The van der Waals surface area contributed by atoms with Gasteiger partial charge in [0.2, 0.25) is 11.9 Å². The maximum Gasteiger partial charge on any atom is 0.241 e. The zero-order chi connectivity index (χ0) is 10.8. The van der Waals surface area contributed by atoms with Gasteiger partial charge in [-0.25, -0.2) is 4.68 Å². The number of hydrogen-bond donors (Lipinski definition) is 2. The molecule has 0 aliphatic rings. The highest BCUT2D eigenvalue weighted by Crippen LogP contribution is 2.21. The molecule has 4 N–H and O–H groups in total. The van der Waals surface area contributed by atoms with Crippen molar-refractivity contribution in [2.24, 2.45) is 5.41 Å². The van der Waals surface area contributed by atoms with E-state index < -0.39 is 0 Å². The number of nitrogens with zero attached hydrogens (tertiary/aromatic N) is 3. The fourth-order valence-corrected chi connectivity index (χ4v) is 1.30. The highest BCUT2D eigenvalue weighted by molar-refractivity contribution is 5.25. The third-order valence-electron chi connectivity index (χ3n) is 2.01. The summed E-state index contributed by atoms with van der Waals surface area (Å²) in [5, 5.41) is 3.99. The van der Waals surface area contributed by atoms with Crippen molar-refractivity contribution in [1.29, 1.82) is 0 Å². The summed E-state index contributed by atoms with van der Waals surface area (Å²) in [6.07, 6.45) is 2.17. The first-order chi connectivity index (χ1) is 6.38. The van der Waals surface area contributed by atoms with E-state index in [0.717, 1.165) is 19.4 Å². The summed E-state index contributed by atoms with van der Waals surface area (Å²) < 4.78 is 1.65. The molecule has 1 heterocycles. The number of aromatic nitrogens is 3. The number of anilines is 2. The van der Waals surface area contributed by atoms with Crippen LogP contribution >= 0.6 is 0 Å². The smallest absolute Gasteiger partial charge is 0.241 e. The van der Waals surface area contributed by atoms with Crippen molar-refractivity contribution in [2.75, 3.05) is 11.5 Å². The van der Waals surface area contributed by atoms with Crippen LogP contribution in [0.2, 0.25) is 0 Å². The maximum atomic E-state index is 5.60. The van der Waals surface area contributed by atoms with Crippen LogP contribution in [-0.4, -0.2) is 14.8 Å². The molecule has 0 bridgehead atoms. The van der Waals surface area contributed by atoms with Crippen molar-refractivity contribution >= 4 is 11.9 Å². The van der Waals surface area contributed by atoms with Crippen LogP contribution in [-0.2, 0) is 6.54 Å². The second-order valence-corrected chi connectivity index (χ2v) is 4.72. The van der Waals surface area contributed by atoms with Crippen LogP contribution in [0.1, 0.15) is 33.6 Å². The Morgan fingerprint density at radius 1 is 1.29 bits per heavy atom. The van der Waals surface area contributed by atoms with E-state index in [9.17, 15) is 0 Å². The second-order valence-electron chi connectivity index (χ2n) is 4.72. The summed E-state index contributed by atoms with van der Waals surface area (Å²) in [4.78, 5) is 3.83. The first kappa shape index (κ1) is 10.8. The molecule has 1 rings (SSSR count). The molecule has 1 aromatic heterocycles. The van der Waals surface area contributed by atoms with Gasteiger partial charge in [-0.05, 0) is 18.3 Å². The van der Waals surface area contributed by atoms with Gasteiger partial charge in [-0.1, -0.05) is 20.8 Å². The van der Waals surface area contributed by atoms with E-state index in [1.807, 2.05) is 0 Å². The zero-order valence-corrected chi connectivity index (χ0v) is 9.12. The minimum Gasteiger partial charge on any atom is -0.368 e. The van der Waals surface area contributed by atoms with E-state index in [1.54, 1.807) is 4.68 Å². The van der Waals surface area contributed by atoms with Crippen LogP contribution in [0.15, 0.2) is 0 Å². The number of nitrogens with two attached hydrogens (primary N) is 2. The lowest BCUT2D eigenvalue weighted by Crippen LogP contribution is -2.10. The zero-order valence-electron chi connectivity index (χ0n) is 9.12. The molecule has 1 aromatic rings. The van der Waals surface area contributed by atoms with Crippen molar-refractivity contribution in [3.63, 3.8) is 0 Å². The van der Waals surface area contributed by atoms with Gasteiger partial charge in [0.1, 0.15) is 0 Å². The van der Waals surface area contributed by atoms with E-state index in [2.05, 4.69) is 30.9 Å². The Labute approximate surface area is 84.5 Å². The third-order valence-corrected chi connectivity index (χ3v) is 2.01. The van der Waals surface area contributed by atoms with Crippen LogP contribution in [0.4, 0.5) is 11.9 Å². The molecule has 0 aliphatic heterocycles. The molecular formula is C9H19N5.